The van der Waals surface area contributed by atoms with Gasteiger partial charge in [-0.15, -0.1) is 11.6 Å². The molecule has 0 aliphatic rings. The van der Waals surface area contributed by atoms with E-state index in [1.165, 1.54) is 7.05 Å². The molecular weight excluding hydrogens is 240 g/mol. The van der Waals surface area contributed by atoms with Gasteiger partial charge < -0.3 is 5.73 Å². The third-order valence-corrected chi connectivity index (χ3v) is 4.15. The molecule has 0 unspecified atom stereocenters. The number of nitrogens with one attached hydrogen (secondary N) is 1. The molecule has 0 saturated heterocycles. The fraction of sp³-hybridized carbons (Fsp3) is 0.875. The van der Waals surface area contributed by atoms with E-state index >= 15 is 0 Å². The molecule has 0 aliphatic carbocycles. The monoisotopic (exact) mass is 256 g/mol. The molecule has 90 valence electrons. The van der Waals surface area contributed by atoms with E-state index in [4.69, 9.17) is 17.3 Å². The number of rotatable bonds is 8. The Labute approximate surface area is 95.4 Å². The van der Waals surface area contributed by atoms with E-state index in [0.717, 1.165) is 0 Å². The van der Waals surface area contributed by atoms with E-state index in [0.29, 0.717) is 19.4 Å². The van der Waals surface area contributed by atoms with Crippen LogP contribution < -0.4 is 10.5 Å². The van der Waals surface area contributed by atoms with Crippen LogP contribution in [-0.2, 0) is 14.8 Å². The number of sulfonamides is 1. The Hall–Kier alpha value is -0.170. The molecule has 0 rings (SSSR count). The lowest BCUT2D eigenvalue weighted by molar-refractivity contribution is -0.116. The van der Waals surface area contributed by atoms with Crippen LogP contribution >= 0.6 is 11.6 Å². The molecule has 15 heavy (non-hydrogen) atoms. The van der Waals surface area contributed by atoms with Crippen LogP contribution in [0.1, 0.15) is 19.3 Å². The highest BCUT2D eigenvalue weighted by Crippen LogP contribution is 2.11. The van der Waals surface area contributed by atoms with Crippen molar-refractivity contribution in [2.24, 2.45) is 5.73 Å². The first kappa shape index (κ1) is 14.8. The minimum absolute atomic E-state index is 0.270. The van der Waals surface area contributed by atoms with E-state index in [9.17, 15) is 13.2 Å². The largest absolute Gasteiger partial charge is 0.330 e. The number of alkyl halides is 1. The summed E-state index contributed by atoms with van der Waals surface area (Å²) in [7, 11) is -2.29. The molecular formula is C8H17ClN2O3S. The quantitative estimate of drug-likeness (QED) is 0.467. The average Bonchev–Trinajstić information content (AvgIpc) is 2.23. The lowest BCUT2D eigenvalue weighted by Crippen LogP contribution is -2.38. The van der Waals surface area contributed by atoms with Crippen LogP contribution in [0, 0.1) is 0 Å². The number of hydrogen-bond donors (Lipinski definition) is 2. The summed E-state index contributed by atoms with van der Waals surface area (Å²) < 4.78 is 25.1. The maximum absolute atomic E-state index is 11.5. The van der Waals surface area contributed by atoms with Gasteiger partial charge in [-0.1, -0.05) is 6.42 Å². The summed E-state index contributed by atoms with van der Waals surface area (Å²) in [5, 5.41) is -1.05. The number of carbonyl (C=O) groups is 1. The molecule has 0 saturated carbocycles. The minimum Gasteiger partial charge on any atom is -0.330 e. The van der Waals surface area contributed by atoms with E-state index in [1.54, 1.807) is 0 Å². The maximum Gasteiger partial charge on any atom is 0.221 e. The maximum atomic E-state index is 11.5. The van der Waals surface area contributed by atoms with Gasteiger partial charge in [0.25, 0.3) is 0 Å². The van der Waals surface area contributed by atoms with Gasteiger partial charge in [0.2, 0.25) is 10.0 Å². The van der Waals surface area contributed by atoms with Crippen LogP contribution in [0.3, 0.4) is 0 Å². The summed E-state index contributed by atoms with van der Waals surface area (Å²) in [5.74, 6) is -0.753. The second-order valence-corrected chi connectivity index (χ2v) is 5.46. The third-order valence-electron chi connectivity index (χ3n) is 2.07. The second-order valence-electron chi connectivity index (χ2n) is 3.12. The van der Waals surface area contributed by atoms with Crippen molar-refractivity contribution in [3.05, 3.63) is 0 Å². The summed E-state index contributed by atoms with van der Waals surface area (Å²) in [6, 6.07) is 0. The molecule has 3 N–H and O–H groups in total. The van der Waals surface area contributed by atoms with Gasteiger partial charge in [-0.05, 0) is 26.4 Å². The molecule has 0 amide bonds. The Morgan fingerprint density at radius 2 is 2.07 bits per heavy atom. The van der Waals surface area contributed by atoms with Crippen molar-refractivity contribution in [2.45, 2.75) is 24.5 Å². The first-order valence-corrected chi connectivity index (χ1v) is 6.78. The number of ketones is 1. The van der Waals surface area contributed by atoms with E-state index in [2.05, 4.69) is 4.72 Å². The molecule has 7 heteroatoms. The molecule has 0 bridgehead atoms. The molecule has 0 fully saturated rings. The Bertz CT molecular complexity index is 292. The summed E-state index contributed by atoms with van der Waals surface area (Å²) in [5.41, 5.74) is 5.29. The number of carbonyl (C=O) groups excluding carboxylic acids is 1. The molecule has 1 atom stereocenters. The van der Waals surface area contributed by atoms with Crippen LogP contribution in [0.15, 0.2) is 0 Å². The van der Waals surface area contributed by atoms with Gasteiger partial charge in [0.05, 0.1) is 5.88 Å². The van der Waals surface area contributed by atoms with Crippen LogP contribution in [-0.4, -0.2) is 38.9 Å². The van der Waals surface area contributed by atoms with Gasteiger partial charge in [0.1, 0.15) is 5.25 Å². The van der Waals surface area contributed by atoms with Gasteiger partial charge in [0.15, 0.2) is 5.78 Å². The highest BCUT2D eigenvalue weighted by Gasteiger charge is 2.29. The van der Waals surface area contributed by atoms with Gasteiger partial charge in [-0.25, -0.2) is 13.1 Å². The summed E-state index contributed by atoms with van der Waals surface area (Å²) in [6.45, 7) is 0.487. The molecule has 0 spiro atoms. The van der Waals surface area contributed by atoms with Crippen LogP contribution in [0.5, 0.6) is 0 Å². The van der Waals surface area contributed by atoms with E-state index in [-0.39, 0.29) is 12.3 Å². The second kappa shape index (κ2) is 7.16. The summed E-state index contributed by atoms with van der Waals surface area (Å²) in [4.78, 5) is 11.3. The van der Waals surface area contributed by atoms with Crippen molar-refractivity contribution in [1.29, 1.82) is 0 Å². The molecule has 0 aromatic heterocycles. The van der Waals surface area contributed by atoms with Gasteiger partial charge in [-0.2, -0.15) is 0 Å². The smallest absolute Gasteiger partial charge is 0.221 e. The topological polar surface area (TPSA) is 89.3 Å². The van der Waals surface area contributed by atoms with Crippen molar-refractivity contribution in [1.82, 2.24) is 4.72 Å². The zero-order chi connectivity index (χ0) is 11.9. The van der Waals surface area contributed by atoms with E-state index < -0.39 is 21.1 Å². The van der Waals surface area contributed by atoms with Crippen molar-refractivity contribution < 1.29 is 13.2 Å². The van der Waals surface area contributed by atoms with Crippen molar-refractivity contribution in [2.75, 3.05) is 19.5 Å². The molecule has 0 aromatic rings. The molecule has 0 aromatic carbocycles. The molecule has 0 heterocycles. The van der Waals surface area contributed by atoms with Crippen molar-refractivity contribution in [3.8, 4) is 0 Å². The highest BCUT2D eigenvalue weighted by molar-refractivity contribution is 7.90. The number of hydrogen-bond acceptors (Lipinski definition) is 4. The first-order valence-electron chi connectivity index (χ1n) is 4.70. The summed E-state index contributed by atoms with van der Waals surface area (Å²) >= 11 is 5.36. The van der Waals surface area contributed by atoms with E-state index in [1.807, 2.05) is 0 Å². The average molecular weight is 257 g/mol. The molecule has 0 radical (unpaired) electrons. The van der Waals surface area contributed by atoms with Gasteiger partial charge in [0, 0.05) is 0 Å². The predicted octanol–water partition coefficient (Wildman–Crippen LogP) is -0.159. The first-order chi connectivity index (χ1) is 6.99. The number of halogens is 1. The minimum atomic E-state index is -3.58. The number of Topliss-reactive ketones (excluding diaryl/α,β-unsaturated/α-hetero) is 1. The fourth-order valence-corrected chi connectivity index (χ4v) is 2.66. The zero-order valence-corrected chi connectivity index (χ0v) is 10.3. The van der Waals surface area contributed by atoms with Gasteiger partial charge >= 0.3 is 0 Å². The Kier molecular flexibility index (Phi) is 7.08. The highest BCUT2D eigenvalue weighted by atomic mass is 35.5. The normalized spacial score (nSPS) is 13.8. The standard InChI is InChI=1S/C8H17ClN2O3S/c1-11-15(13,14)8(7(12)6-9)4-2-3-5-10/h8,11H,2-6,10H2,1H3/t8-/m0/s1. The SMILES string of the molecule is CNS(=O)(=O)[C@@H](CCCCN)C(=O)CCl. The predicted molar refractivity (Wildman–Crippen MR) is 60.4 cm³/mol. The zero-order valence-electron chi connectivity index (χ0n) is 8.70. The summed E-state index contributed by atoms with van der Waals surface area (Å²) in [6.07, 6.45) is 1.57. The lowest BCUT2D eigenvalue weighted by Gasteiger charge is -2.14. The lowest BCUT2D eigenvalue weighted by atomic mass is 10.1. The number of unbranched alkanes of at least 4 members (excludes halogenated alkanes) is 1. The Morgan fingerprint density at radius 1 is 1.47 bits per heavy atom. The van der Waals surface area contributed by atoms with Crippen molar-refractivity contribution in [3.63, 3.8) is 0 Å². The molecule has 5 nitrogen and oxygen atoms in total. The Morgan fingerprint density at radius 3 is 2.47 bits per heavy atom. The Balaban J connectivity index is 4.53. The van der Waals surface area contributed by atoms with Crippen molar-refractivity contribution >= 4 is 27.4 Å². The third kappa shape index (κ3) is 4.92. The van der Waals surface area contributed by atoms with Crippen LogP contribution in [0.4, 0.5) is 0 Å². The van der Waals surface area contributed by atoms with Crippen LogP contribution in [0.25, 0.3) is 0 Å². The van der Waals surface area contributed by atoms with Gasteiger partial charge in [-0.3, -0.25) is 4.79 Å². The molecule has 0 aliphatic heterocycles. The number of nitrogens with two attached hydrogens (primary N) is 1. The van der Waals surface area contributed by atoms with Crippen LogP contribution in [0.2, 0.25) is 0 Å². The fourth-order valence-electron chi connectivity index (χ4n) is 1.19.